The average Bonchev–Trinajstić information content (AvgIpc) is 2.85. The van der Waals surface area contributed by atoms with Crippen molar-refractivity contribution in [3.63, 3.8) is 0 Å². The van der Waals surface area contributed by atoms with Crippen LogP contribution in [0.5, 0.6) is 0 Å². The lowest BCUT2D eigenvalue weighted by molar-refractivity contribution is 0.185. The van der Waals surface area contributed by atoms with Crippen LogP contribution in [0.25, 0.3) is 0 Å². The highest BCUT2D eigenvalue weighted by Crippen LogP contribution is 2.15. The van der Waals surface area contributed by atoms with E-state index in [1.54, 1.807) is 0 Å². The monoisotopic (exact) mass is 279 g/mol. The van der Waals surface area contributed by atoms with Crippen molar-refractivity contribution in [2.45, 2.75) is 26.0 Å². The van der Waals surface area contributed by atoms with Gasteiger partial charge in [-0.05, 0) is 31.7 Å². The van der Waals surface area contributed by atoms with Gasteiger partial charge in [0.15, 0.2) is 0 Å². The van der Waals surface area contributed by atoms with E-state index in [1.165, 1.54) is 28.9 Å². The Kier molecular flexibility index (Phi) is 6.21. The third-order valence-electron chi connectivity index (χ3n) is 3.43. The quantitative estimate of drug-likeness (QED) is 0.775. The molecule has 2 nitrogen and oxygen atoms in total. The first-order valence-corrected chi connectivity index (χ1v) is 8.33. The topological polar surface area (TPSA) is 21.3 Å². The standard InChI is InChI=1S/C16H25NOS/c1-13-7-14(2)9-16(8-13)12-19-6-4-17-10-15-3-5-18-11-15/h7-9,15,17H,3-6,10-12H2,1-2H3. The van der Waals surface area contributed by atoms with E-state index in [-0.39, 0.29) is 0 Å². The number of nitrogens with one attached hydrogen (secondary N) is 1. The predicted octanol–water partition coefficient (Wildman–Crippen LogP) is 3.16. The van der Waals surface area contributed by atoms with E-state index in [0.29, 0.717) is 0 Å². The first-order valence-electron chi connectivity index (χ1n) is 7.17. The molecule has 2 rings (SSSR count). The molecule has 1 aromatic carbocycles. The molecule has 1 aliphatic rings. The van der Waals surface area contributed by atoms with Gasteiger partial charge in [-0.2, -0.15) is 11.8 Å². The van der Waals surface area contributed by atoms with E-state index in [1.807, 2.05) is 11.8 Å². The molecule has 1 N–H and O–H groups in total. The molecule has 0 radical (unpaired) electrons. The van der Waals surface area contributed by atoms with Gasteiger partial charge in [0, 0.05) is 31.2 Å². The minimum atomic E-state index is 0.740. The van der Waals surface area contributed by atoms with Gasteiger partial charge in [-0.25, -0.2) is 0 Å². The molecule has 19 heavy (non-hydrogen) atoms. The lowest BCUT2D eigenvalue weighted by atomic mass is 10.1. The van der Waals surface area contributed by atoms with Gasteiger partial charge < -0.3 is 10.1 Å². The van der Waals surface area contributed by atoms with E-state index >= 15 is 0 Å². The Morgan fingerprint density at radius 1 is 1.26 bits per heavy atom. The van der Waals surface area contributed by atoms with Gasteiger partial charge in [0.1, 0.15) is 0 Å². The van der Waals surface area contributed by atoms with Gasteiger partial charge in [0.2, 0.25) is 0 Å². The highest BCUT2D eigenvalue weighted by Gasteiger charge is 2.14. The molecule has 1 fully saturated rings. The summed E-state index contributed by atoms with van der Waals surface area (Å²) in [6, 6.07) is 6.83. The van der Waals surface area contributed by atoms with Crippen LogP contribution in [0.4, 0.5) is 0 Å². The van der Waals surface area contributed by atoms with Gasteiger partial charge >= 0.3 is 0 Å². The third-order valence-corrected chi connectivity index (χ3v) is 4.46. The van der Waals surface area contributed by atoms with E-state index in [9.17, 15) is 0 Å². The van der Waals surface area contributed by atoms with Crippen molar-refractivity contribution in [1.29, 1.82) is 0 Å². The first-order chi connectivity index (χ1) is 9.24. The van der Waals surface area contributed by atoms with Crippen LogP contribution >= 0.6 is 11.8 Å². The van der Waals surface area contributed by atoms with Crippen LogP contribution in [0.3, 0.4) is 0 Å². The highest BCUT2D eigenvalue weighted by molar-refractivity contribution is 7.98. The molecule has 1 unspecified atom stereocenters. The Bertz CT molecular complexity index is 368. The zero-order valence-electron chi connectivity index (χ0n) is 12.1. The Morgan fingerprint density at radius 3 is 2.74 bits per heavy atom. The molecule has 1 aromatic rings. The number of ether oxygens (including phenoxy) is 1. The summed E-state index contributed by atoms with van der Waals surface area (Å²) in [5, 5.41) is 3.54. The molecule has 106 valence electrons. The van der Waals surface area contributed by atoms with E-state index in [0.717, 1.165) is 38.0 Å². The molecular formula is C16H25NOS. The van der Waals surface area contributed by atoms with E-state index in [4.69, 9.17) is 4.74 Å². The minimum absolute atomic E-state index is 0.740. The molecule has 0 amide bonds. The number of thioether (sulfide) groups is 1. The predicted molar refractivity (Wildman–Crippen MR) is 83.9 cm³/mol. The zero-order valence-corrected chi connectivity index (χ0v) is 12.9. The summed E-state index contributed by atoms with van der Waals surface area (Å²) in [6.07, 6.45) is 1.22. The maximum atomic E-state index is 5.37. The van der Waals surface area contributed by atoms with Crippen LogP contribution in [0.2, 0.25) is 0 Å². The first kappa shape index (κ1) is 14.9. The number of rotatable bonds is 7. The van der Waals surface area contributed by atoms with Crippen molar-refractivity contribution in [2.24, 2.45) is 5.92 Å². The highest BCUT2D eigenvalue weighted by atomic mass is 32.2. The van der Waals surface area contributed by atoms with Crippen LogP contribution in [0, 0.1) is 19.8 Å². The van der Waals surface area contributed by atoms with Crippen LogP contribution in [-0.2, 0) is 10.5 Å². The van der Waals surface area contributed by atoms with Crippen molar-refractivity contribution < 1.29 is 4.74 Å². The molecule has 0 saturated carbocycles. The summed E-state index contributed by atoms with van der Waals surface area (Å²) in [4.78, 5) is 0. The van der Waals surface area contributed by atoms with Crippen LogP contribution < -0.4 is 5.32 Å². The van der Waals surface area contributed by atoms with Crippen LogP contribution in [0.15, 0.2) is 18.2 Å². The Hall–Kier alpha value is -0.510. The fourth-order valence-electron chi connectivity index (χ4n) is 2.54. The summed E-state index contributed by atoms with van der Waals surface area (Å²) < 4.78 is 5.37. The maximum Gasteiger partial charge on any atom is 0.0507 e. The number of benzene rings is 1. The number of hydrogen-bond acceptors (Lipinski definition) is 3. The van der Waals surface area contributed by atoms with Crippen molar-refractivity contribution in [3.05, 3.63) is 34.9 Å². The molecule has 3 heteroatoms. The van der Waals surface area contributed by atoms with Crippen LogP contribution in [0.1, 0.15) is 23.1 Å². The van der Waals surface area contributed by atoms with Crippen molar-refractivity contribution >= 4 is 11.8 Å². The fraction of sp³-hybridized carbons (Fsp3) is 0.625. The van der Waals surface area contributed by atoms with Crippen LogP contribution in [-0.4, -0.2) is 32.1 Å². The molecule has 0 aliphatic carbocycles. The molecule has 0 bridgehead atoms. The normalized spacial score (nSPS) is 18.9. The van der Waals surface area contributed by atoms with Gasteiger partial charge in [0.05, 0.1) is 6.61 Å². The number of hydrogen-bond donors (Lipinski definition) is 1. The summed E-state index contributed by atoms with van der Waals surface area (Å²) in [5.41, 5.74) is 4.19. The lowest BCUT2D eigenvalue weighted by Gasteiger charge is -2.09. The maximum absolute atomic E-state index is 5.37. The molecule has 1 atom stereocenters. The van der Waals surface area contributed by atoms with Gasteiger partial charge in [-0.1, -0.05) is 29.3 Å². The summed E-state index contributed by atoms with van der Waals surface area (Å²) in [6.45, 7) is 8.46. The second-order valence-corrected chi connectivity index (χ2v) is 6.59. The smallest absolute Gasteiger partial charge is 0.0507 e. The van der Waals surface area contributed by atoms with Crippen molar-refractivity contribution in [1.82, 2.24) is 5.32 Å². The zero-order chi connectivity index (χ0) is 13.5. The summed E-state index contributed by atoms with van der Waals surface area (Å²) in [7, 11) is 0. The Labute approximate surface area is 121 Å². The number of aryl methyl sites for hydroxylation is 2. The molecule has 1 saturated heterocycles. The third kappa shape index (κ3) is 5.55. The minimum Gasteiger partial charge on any atom is -0.381 e. The largest absolute Gasteiger partial charge is 0.381 e. The fourth-order valence-corrected chi connectivity index (χ4v) is 3.37. The Morgan fingerprint density at radius 2 is 2.05 bits per heavy atom. The second kappa shape index (κ2) is 7.93. The van der Waals surface area contributed by atoms with E-state index in [2.05, 4.69) is 37.4 Å². The SMILES string of the molecule is Cc1cc(C)cc(CSCCNCC2CCOC2)c1. The van der Waals surface area contributed by atoms with Gasteiger partial charge in [-0.3, -0.25) is 0 Å². The van der Waals surface area contributed by atoms with Crippen molar-refractivity contribution in [2.75, 3.05) is 32.1 Å². The average molecular weight is 279 g/mol. The Balaban J connectivity index is 1.56. The van der Waals surface area contributed by atoms with E-state index < -0.39 is 0 Å². The molecule has 1 aliphatic heterocycles. The van der Waals surface area contributed by atoms with Crippen molar-refractivity contribution in [3.8, 4) is 0 Å². The lowest BCUT2D eigenvalue weighted by Crippen LogP contribution is -2.25. The van der Waals surface area contributed by atoms with Gasteiger partial charge in [0.25, 0.3) is 0 Å². The summed E-state index contributed by atoms with van der Waals surface area (Å²) >= 11 is 2.01. The summed E-state index contributed by atoms with van der Waals surface area (Å²) in [5.74, 6) is 3.04. The van der Waals surface area contributed by atoms with Gasteiger partial charge in [-0.15, -0.1) is 0 Å². The molecular weight excluding hydrogens is 254 g/mol. The molecule has 1 heterocycles. The molecule has 0 spiro atoms. The second-order valence-electron chi connectivity index (χ2n) is 5.48. The molecule has 0 aromatic heterocycles.